The Morgan fingerprint density at radius 2 is 1.80 bits per heavy atom. The summed E-state index contributed by atoms with van der Waals surface area (Å²) in [5.74, 6) is -0.0703. The lowest BCUT2D eigenvalue weighted by Gasteiger charge is -2.11. The molecule has 106 valence electrons. The van der Waals surface area contributed by atoms with E-state index < -0.39 is 0 Å². The molecular weight excluding hydrogens is 321 g/mol. The lowest BCUT2D eigenvalue weighted by Crippen LogP contribution is -2.01. The number of rotatable bonds is 4. The molecule has 1 N–H and O–H groups in total. The Morgan fingerprint density at radius 1 is 1.15 bits per heavy atom. The lowest BCUT2D eigenvalue weighted by molar-refractivity contribution is 0.386. The van der Waals surface area contributed by atoms with Crippen molar-refractivity contribution in [2.75, 3.05) is 12.4 Å². The quantitative estimate of drug-likeness (QED) is 0.862. The maximum atomic E-state index is 13.6. The fourth-order valence-electron chi connectivity index (χ4n) is 2.07. The fourth-order valence-corrected chi connectivity index (χ4v) is 2.30. The zero-order chi connectivity index (χ0) is 14.7. The molecule has 0 amide bonds. The molecule has 0 atom stereocenters. The molecule has 0 fully saturated rings. The Labute approximate surface area is 127 Å². The van der Waals surface area contributed by atoms with Gasteiger partial charge in [-0.15, -0.1) is 0 Å². The van der Waals surface area contributed by atoms with Crippen molar-refractivity contribution in [1.29, 1.82) is 0 Å². The largest absolute Gasteiger partial charge is 0.494 e. The molecule has 0 saturated heterocycles. The molecule has 0 aromatic heterocycles. The average molecular weight is 338 g/mol. The molecule has 0 saturated carbocycles. The zero-order valence-corrected chi connectivity index (χ0v) is 13.3. The summed E-state index contributed by atoms with van der Waals surface area (Å²) in [5.41, 5.74) is 4.25. The molecule has 4 heteroatoms. The second kappa shape index (κ2) is 6.27. The highest BCUT2D eigenvalue weighted by Gasteiger charge is 2.05. The van der Waals surface area contributed by atoms with Gasteiger partial charge in [-0.25, -0.2) is 4.39 Å². The standard InChI is InChI=1S/C16H17BrFNO/c1-10-6-13(7-11(2)16(10)17)19-9-12-4-5-15(20-3)14(18)8-12/h4-8,19H,9H2,1-3H3. The number of benzene rings is 2. The SMILES string of the molecule is COc1ccc(CNc2cc(C)c(Br)c(C)c2)cc1F. The van der Waals surface area contributed by atoms with Crippen molar-refractivity contribution in [1.82, 2.24) is 0 Å². The van der Waals surface area contributed by atoms with Crippen LogP contribution in [0.4, 0.5) is 10.1 Å². The van der Waals surface area contributed by atoms with E-state index in [0.29, 0.717) is 6.54 Å². The first-order chi connectivity index (χ1) is 9.51. The van der Waals surface area contributed by atoms with Crippen molar-refractivity contribution in [3.8, 4) is 5.75 Å². The van der Waals surface area contributed by atoms with Gasteiger partial charge in [-0.05, 0) is 54.8 Å². The Kier molecular flexibility index (Phi) is 4.65. The second-order valence-electron chi connectivity index (χ2n) is 4.75. The summed E-state index contributed by atoms with van der Waals surface area (Å²) < 4.78 is 19.6. The fraction of sp³-hybridized carbons (Fsp3) is 0.250. The highest BCUT2D eigenvalue weighted by molar-refractivity contribution is 9.10. The maximum Gasteiger partial charge on any atom is 0.165 e. The first-order valence-corrected chi connectivity index (χ1v) is 7.13. The maximum absolute atomic E-state index is 13.6. The monoisotopic (exact) mass is 337 g/mol. The summed E-state index contributed by atoms with van der Waals surface area (Å²) in [5, 5.41) is 3.31. The van der Waals surface area contributed by atoms with E-state index in [4.69, 9.17) is 4.74 Å². The van der Waals surface area contributed by atoms with Gasteiger partial charge in [0.05, 0.1) is 7.11 Å². The van der Waals surface area contributed by atoms with Gasteiger partial charge in [0.1, 0.15) is 0 Å². The number of hydrogen-bond acceptors (Lipinski definition) is 2. The molecule has 2 rings (SSSR count). The highest BCUT2D eigenvalue weighted by Crippen LogP contribution is 2.25. The number of aryl methyl sites for hydroxylation is 2. The number of nitrogens with one attached hydrogen (secondary N) is 1. The molecule has 0 heterocycles. The van der Waals surface area contributed by atoms with Gasteiger partial charge < -0.3 is 10.1 Å². The van der Waals surface area contributed by atoms with Crippen molar-refractivity contribution in [3.63, 3.8) is 0 Å². The minimum absolute atomic E-state index is 0.268. The van der Waals surface area contributed by atoms with E-state index in [9.17, 15) is 4.39 Å². The Hall–Kier alpha value is -1.55. The number of ether oxygens (including phenoxy) is 1. The van der Waals surface area contributed by atoms with Crippen LogP contribution in [0.25, 0.3) is 0 Å². The molecule has 0 bridgehead atoms. The minimum atomic E-state index is -0.338. The van der Waals surface area contributed by atoms with Crippen LogP contribution < -0.4 is 10.1 Å². The third-order valence-corrected chi connectivity index (χ3v) is 4.40. The minimum Gasteiger partial charge on any atom is -0.494 e. The second-order valence-corrected chi connectivity index (χ2v) is 5.54. The van der Waals surface area contributed by atoms with Crippen LogP contribution in [0.2, 0.25) is 0 Å². The molecule has 0 radical (unpaired) electrons. The van der Waals surface area contributed by atoms with Gasteiger partial charge in [0.2, 0.25) is 0 Å². The van der Waals surface area contributed by atoms with Crippen molar-refractivity contribution in [3.05, 3.63) is 57.3 Å². The molecule has 0 spiro atoms. The average Bonchev–Trinajstić information content (AvgIpc) is 2.42. The van der Waals surface area contributed by atoms with Crippen molar-refractivity contribution >= 4 is 21.6 Å². The molecule has 0 unspecified atom stereocenters. The molecule has 0 aliphatic heterocycles. The van der Waals surface area contributed by atoms with Gasteiger partial charge in [-0.3, -0.25) is 0 Å². The summed E-state index contributed by atoms with van der Waals surface area (Å²) in [7, 11) is 1.46. The number of hydrogen-bond donors (Lipinski definition) is 1. The van der Waals surface area contributed by atoms with E-state index in [1.165, 1.54) is 24.3 Å². The van der Waals surface area contributed by atoms with Crippen molar-refractivity contribution in [2.45, 2.75) is 20.4 Å². The summed E-state index contributed by atoms with van der Waals surface area (Å²) >= 11 is 3.54. The summed E-state index contributed by atoms with van der Waals surface area (Å²) in [6.45, 7) is 4.67. The third kappa shape index (κ3) is 3.31. The van der Waals surface area contributed by atoms with Crippen LogP contribution in [0, 0.1) is 19.7 Å². The van der Waals surface area contributed by atoms with Crippen LogP contribution in [0.1, 0.15) is 16.7 Å². The highest BCUT2D eigenvalue weighted by atomic mass is 79.9. The van der Waals surface area contributed by atoms with E-state index in [0.717, 1.165) is 15.7 Å². The predicted octanol–water partition coefficient (Wildman–Crippen LogP) is 4.83. The van der Waals surface area contributed by atoms with E-state index >= 15 is 0 Å². The number of anilines is 1. The third-order valence-electron chi connectivity index (χ3n) is 3.15. The predicted molar refractivity (Wildman–Crippen MR) is 83.9 cm³/mol. The van der Waals surface area contributed by atoms with E-state index in [1.54, 1.807) is 6.07 Å². The van der Waals surface area contributed by atoms with E-state index in [1.807, 2.05) is 6.07 Å². The summed E-state index contributed by atoms with van der Waals surface area (Å²) in [6, 6.07) is 9.12. The van der Waals surface area contributed by atoms with Gasteiger partial charge in [0.15, 0.2) is 11.6 Å². The van der Waals surface area contributed by atoms with Gasteiger partial charge in [0.25, 0.3) is 0 Å². The van der Waals surface area contributed by atoms with Crippen LogP contribution in [-0.2, 0) is 6.54 Å². The van der Waals surface area contributed by atoms with Gasteiger partial charge in [0, 0.05) is 16.7 Å². The molecular formula is C16H17BrFNO. The molecule has 20 heavy (non-hydrogen) atoms. The first kappa shape index (κ1) is 14.9. The van der Waals surface area contributed by atoms with E-state index in [2.05, 4.69) is 47.2 Å². The van der Waals surface area contributed by atoms with E-state index in [-0.39, 0.29) is 11.6 Å². The Balaban J connectivity index is 2.11. The normalized spacial score (nSPS) is 10.4. The Morgan fingerprint density at radius 3 is 2.35 bits per heavy atom. The van der Waals surface area contributed by atoms with Crippen LogP contribution in [0.3, 0.4) is 0 Å². The van der Waals surface area contributed by atoms with Gasteiger partial charge in [-0.2, -0.15) is 0 Å². The molecule has 0 aliphatic carbocycles. The molecule has 2 aromatic rings. The van der Waals surface area contributed by atoms with Crippen molar-refractivity contribution in [2.24, 2.45) is 0 Å². The van der Waals surface area contributed by atoms with Crippen molar-refractivity contribution < 1.29 is 9.13 Å². The topological polar surface area (TPSA) is 21.3 Å². The molecule has 2 aromatic carbocycles. The van der Waals surface area contributed by atoms with Crippen LogP contribution >= 0.6 is 15.9 Å². The van der Waals surface area contributed by atoms with Crippen LogP contribution in [0.5, 0.6) is 5.75 Å². The van der Waals surface area contributed by atoms with Crippen LogP contribution in [0.15, 0.2) is 34.8 Å². The molecule has 0 aliphatic rings. The van der Waals surface area contributed by atoms with Gasteiger partial charge >= 0.3 is 0 Å². The first-order valence-electron chi connectivity index (χ1n) is 6.34. The number of halogens is 2. The van der Waals surface area contributed by atoms with Gasteiger partial charge in [-0.1, -0.05) is 22.0 Å². The Bertz CT molecular complexity index is 605. The van der Waals surface area contributed by atoms with Crippen LogP contribution in [-0.4, -0.2) is 7.11 Å². The smallest absolute Gasteiger partial charge is 0.165 e. The summed E-state index contributed by atoms with van der Waals surface area (Å²) in [4.78, 5) is 0. The lowest BCUT2D eigenvalue weighted by atomic mass is 10.1. The molecule has 2 nitrogen and oxygen atoms in total. The zero-order valence-electron chi connectivity index (χ0n) is 11.8. The summed E-state index contributed by atoms with van der Waals surface area (Å²) in [6.07, 6.45) is 0. The number of methoxy groups -OCH3 is 1.